The van der Waals surface area contributed by atoms with Crippen molar-refractivity contribution in [2.45, 2.75) is 57.2 Å². The lowest BCUT2D eigenvalue weighted by Gasteiger charge is -2.38. The Kier molecular flexibility index (Phi) is 6.30. The molecule has 1 saturated heterocycles. The predicted octanol–water partition coefficient (Wildman–Crippen LogP) is 5.50. The molecule has 0 spiro atoms. The minimum atomic E-state index is -3.73. The Morgan fingerprint density at radius 2 is 1.63 bits per heavy atom. The molecule has 6 heteroatoms. The summed E-state index contributed by atoms with van der Waals surface area (Å²) in [7, 11) is -3.73. The number of aliphatic hydroxyl groups is 1. The molecule has 1 fully saturated rings. The summed E-state index contributed by atoms with van der Waals surface area (Å²) in [5.41, 5.74) is 5.77. The van der Waals surface area contributed by atoms with Crippen LogP contribution in [0.4, 0.5) is 0 Å². The van der Waals surface area contributed by atoms with Crippen LogP contribution in [-0.4, -0.2) is 35.0 Å². The summed E-state index contributed by atoms with van der Waals surface area (Å²) in [6, 6.07) is 23.4. The number of hydrogen-bond acceptors (Lipinski definition) is 4. The molecule has 182 valence electrons. The van der Waals surface area contributed by atoms with Gasteiger partial charge >= 0.3 is 0 Å². The normalized spacial score (nSPS) is 19.3. The molecule has 1 aromatic heterocycles. The van der Waals surface area contributed by atoms with Crippen LogP contribution in [0.1, 0.15) is 46.8 Å². The van der Waals surface area contributed by atoms with Crippen LogP contribution in [0.3, 0.4) is 0 Å². The van der Waals surface area contributed by atoms with E-state index in [1.165, 1.54) is 9.54 Å². The minimum Gasteiger partial charge on any atom is -0.393 e. The number of fused-ring (bicyclic) bond motifs is 1. The van der Waals surface area contributed by atoms with Gasteiger partial charge in [-0.05, 0) is 68.5 Å². The summed E-state index contributed by atoms with van der Waals surface area (Å²) in [5.74, 6) is 0. The Morgan fingerprint density at radius 1 is 0.914 bits per heavy atom. The molecular formula is C29H32N2O3S. The van der Waals surface area contributed by atoms with Crippen molar-refractivity contribution in [2.24, 2.45) is 0 Å². The number of aliphatic hydroxyl groups excluding tert-OH is 1. The number of aromatic nitrogens is 1. The maximum atomic E-state index is 13.7. The quantitative estimate of drug-likeness (QED) is 0.403. The molecule has 0 saturated carbocycles. The average molecular weight is 489 g/mol. The fourth-order valence-corrected chi connectivity index (χ4v) is 6.98. The molecule has 0 bridgehead atoms. The van der Waals surface area contributed by atoms with E-state index >= 15 is 0 Å². The first kappa shape index (κ1) is 23.8. The summed E-state index contributed by atoms with van der Waals surface area (Å²) in [4.78, 5) is 2.71. The zero-order chi connectivity index (χ0) is 24.7. The molecule has 4 aromatic rings. The van der Waals surface area contributed by atoms with Gasteiger partial charge in [0.15, 0.2) is 0 Å². The summed E-state index contributed by atoms with van der Waals surface area (Å²) in [5, 5.41) is 11.4. The van der Waals surface area contributed by atoms with Gasteiger partial charge in [-0.15, -0.1) is 0 Å². The van der Waals surface area contributed by atoms with Crippen molar-refractivity contribution in [1.82, 2.24) is 8.87 Å². The Balaban J connectivity index is 1.58. The van der Waals surface area contributed by atoms with Gasteiger partial charge in [-0.2, -0.15) is 0 Å². The Morgan fingerprint density at radius 3 is 2.34 bits per heavy atom. The number of rotatable bonds is 5. The second-order valence-corrected chi connectivity index (χ2v) is 11.5. The van der Waals surface area contributed by atoms with E-state index in [9.17, 15) is 13.5 Å². The smallest absolute Gasteiger partial charge is 0.268 e. The average Bonchev–Trinajstić information content (AvgIpc) is 3.12. The molecule has 2 unspecified atom stereocenters. The van der Waals surface area contributed by atoms with Crippen molar-refractivity contribution in [1.29, 1.82) is 0 Å². The monoisotopic (exact) mass is 488 g/mol. The molecule has 2 heterocycles. The van der Waals surface area contributed by atoms with E-state index in [1.807, 2.05) is 63.2 Å². The lowest BCUT2D eigenvalue weighted by Crippen LogP contribution is -2.38. The van der Waals surface area contributed by atoms with Gasteiger partial charge in [0, 0.05) is 30.2 Å². The third-order valence-corrected chi connectivity index (χ3v) is 9.19. The number of piperidine rings is 1. The van der Waals surface area contributed by atoms with Crippen molar-refractivity contribution in [3.8, 4) is 0 Å². The van der Waals surface area contributed by atoms with E-state index in [2.05, 4.69) is 23.1 Å². The largest absolute Gasteiger partial charge is 0.393 e. The van der Waals surface area contributed by atoms with Gasteiger partial charge in [-0.25, -0.2) is 12.4 Å². The highest BCUT2D eigenvalue weighted by Gasteiger charge is 2.30. The lowest BCUT2D eigenvalue weighted by atomic mass is 9.92. The van der Waals surface area contributed by atoms with E-state index in [-0.39, 0.29) is 12.1 Å². The van der Waals surface area contributed by atoms with E-state index in [1.54, 1.807) is 12.1 Å². The first-order chi connectivity index (χ1) is 16.8. The molecule has 35 heavy (non-hydrogen) atoms. The van der Waals surface area contributed by atoms with Crippen LogP contribution in [0, 0.1) is 20.8 Å². The highest BCUT2D eigenvalue weighted by atomic mass is 32.2. The Hall–Kier alpha value is -2.93. The second-order valence-electron chi connectivity index (χ2n) is 9.68. The van der Waals surface area contributed by atoms with Crippen LogP contribution >= 0.6 is 0 Å². The molecule has 1 N–H and O–H groups in total. The molecule has 1 aliphatic rings. The van der Waals surface area contributed by atoms with Gasteiger partial charge in [0.2, 0.25) is 0 Å². The molecule has 1 aliphatic heterocycles. The molecule has 5 rings (SSSR count). The topological polar surface area (TPSA) is 62.5 Å². The van der Waals surface area contributed by atoms with Gasteiger partial charge in [-0.1, -0.05) is 60.2 Å². The Labute approximate surface area is 207 Å². The highest BCUT2D eigenvalue weighted by Crippen LogP contribution is 2.36. The van der Waals surface area contributed by atoms with Crippen molar-refractivity contribution in [2.75, 3.05) is 6.54 Å². The third-order valence-electron chi connectivity index (χ3n) is 7.37. The van der Waals surface area contributed by atoms with Crippen LogP contribution in [0.5, 0.6) is 0 Å². The molecule has 5 nitrogen and oxygen atoms in total. The first-order valence-electron chi connectivity index (χ1n) is 12.2. The van der Waals surface area contributed by atoms with Crippen LogP contribution in [-0.2, 0) is 16.6 Å². The number of likely N-dealkylation sites (tertiary alicyclic amines) is 1. The molecule has 0 radical (unpaired) electrons. The number of hydrogen-bond donors (Lipinski definition) is 1. The minimum absolute atomic E-state index is 0.120. The first-order valence-corrected chi connectivity index (χ1v) is 13.6. The van der Waals surface area contributed by atoms with Crippen LogP contribution in [0.15, 0.2) is 77.7 Å². The van der Waals surface area contributed by atoms with E-state index in [0.717, 1.165) is 40.7 Å². The highest BCUT2D eigenvalue weighted by molar-refractivity contribution is 7.90. The molecule has 3 aromatic carbocycles. The maximum absolute atomic E-state index is 13.7. The van der Waals surface area contributed by atoms with Crippen LogP contribution in [0.25, 0.3) is 10.9 Å². The van der Waals surface area contributed by atoms with Gasteiger partial charge in [0.1, 0.15) is 0 Å². The fraction of sp³-hybridized carbons (Fsp3) is 0.310. The molecule has 0 amide bonds. The zero-order valence-corrected chi connectivity index (χ0v) is 21.3. The van der Waals surface area contributed by atoms with E-state index < -0.39 is 10.0 Å². The number of nitrogens with zero attached hydrogens (tertiary/aromatic N) is 2. The Bertz CT molecular complexity index is 1460. The molecule has 0 aliphatic carbocycles. The van der Waals surface area contributed by atoms with Crippen molar-refractivity contribution >= 4 is 20.9 Å². The van der Waals surface area contributed by atoms with Gasteiger partial charge in [0.25, 0.3) is 10.0 Å². The maximum Gasteiger partial charge on any atom is 0.268 e. The summed E-state index contributed by atoms with van der Waals surface area (Å²) >= 11 is 0. The predicted molar refractivity (Wildman–Crippen MR) is 140 cm³/mol. The third kappa shape index (κ3) is 4.31. The van der Waals surface area contributed by atoms with Crippen molar-refractivity contribution in [3.63, 3.8) is 0 Å². The standard InChI is InChI=1S/C29H32N2O3S/c1-20-12-14-26(15-13-20)35(33,34)31-22(3)21(2)29-24(10-7-11-27(29)31)19-30-17-16-25(32)18-28(30)23-8-5-4-6-9-23/h4-15,25,28,32H,16-19H2,1-3H3. The van der Waals surface area contributed by atoms with Crippen LogP contribution < -0.4 is 0 Å². The van der Waals surface area contributed by atoms with Crippen LogP contribution in [0.2, 0.25) is 0 Å². The van der Waals surface area contributed by atoms with Gasteiger partial charge < -0.3 is 5.11 Å². The lowest BCUT2D eigenvalue weighted by molar-refractivity contribution is 0.0366. The fourth-order valence-electron chi connectivity index (χ4n) is 5.39. The van der Waals surface area contributed by atoms with Gasteiger partial charge in [-0.3, -0.25) is 4.90 Å². The SMILES string of the molecule is Cc1ccc(S(=O)(=O)n2c(C)c(C)c3c(CN4CCC(O)CC4c4ccccc4)cccc32)cc1. The summed E-state index contributed by atoms with van der Waals surface area (Å²) in [6.45, 7) is 7.33. The van der Waals surface area contributed by atoms with Gasteiger partial charge in [0.05, 0.1) is 16.5 Å². The number of benzene rings is 3. The summed E-state index contributed by atoms with van der Waals surface area (Å²) < 4.78 is 28.9. The summed E-state index contributed by atoms with van der Waals surface area (Å²) in [6.07, 6.45) is 1.12. The van der Waals surface area contributed by atoms with E-state index in [4.69, 9.17) is 0 Å². The van der Waals surface area contributed by atoms with Crippen molar-refractivity contribution < 1.29 is 13.5 Å². The zero-order valence-electron chi connectivity index (χ0n) is 20.5. The van der Waals surface area contributed by atoms with Crippen molar-refractivity contribution in [3.05, 3.63) is 101 Å². The second kappa shape index (κ2) is 9.26. The molecular weight excluding hydrogens is 456 g/mol. The molecule has 2 atom stereocenters. The number of aryl methyl sites for hydroxylation is 2. The van der Waals surface area contributed by atoms with E-state index in [0.29, 0.717) is 23.4 Å².